The van der Waals surface area contributed by atoms with Crippen LogP contribution in [-0.2, 0) is 6.42 Å². The summed E-state index contributed by atoms with van der Waals surface area (Å²) in [5, 5.41) is 0. The smallest absolute Gasteiger partial charge is 0.0921 e. The van der Waals surface area contributed by atoms with E-state index in [1.807, 2.05) is 6.20 Å². The molecule has 0 saturated heterocycles. The molecular weight excluding hydrogens is 256 g/mol. The molecule has 0 aromatic carbocycles. The second kappa shape index (κ2) is 14.2. The first-order valence-electron chi connectivity index (χ1n) is 9.40. The van der Waals surface area contributed by atoms with Crippen molar-refractivity contribution in [3.8, 4) is 0 Å². The fourth-order valence-electron chi connectivity index (χ4n) is 2.93. The minimum absolute atomic E-state index is 1.16. The number of hydrogen-bond donors (Lipinski definition) is 1. The maximum absolute atomic E-state index is 4.05. The summed E-state index contributed by atoms with van der Waals surface area (Å²) in [6.07, 6.45) is 24.9. The van der Waals surface area contributed by atoms with Gasteiger partial charge < -0.3 is 4.98 Å². The second-order valence-corrected chi connectivity index (χ2v) is 6.42. The average molecular weight is 293 g/mol. The van der Waals surface area contributed by atoms with Gasteiger partial charge in [-0.15, -0.1) is 0 Å². The molecular formula is C19H36N2. The molecule has 1 aromatic heterocycles. The molecule has 0 saturated carbocycles. The van der Waals surface area contributed by atoms with Crippen LogP contribution in [0.5, 0.6) is 0 Å². The van der Waals surface area contributed by atoms with E-state index in [-0.39, 0.29) is 0 Å². The van der Waals surface area contributed by atoms with Crippen molar-refractivity contribution in [1.29, 1.82) is 0 Å². The molecule has 0 radical (unpaired) electrons. The average Bonchev–Trinajstić information content (AvgIpc) is 3.01. The lowest BCUT2D eigenvalue weighted by Crippen LogP contribution is -1.86. The van der Waals surface area contributed by atoms with E-state index in [4.69, 9.17) is 0 Å². The van der Waals surface area contributed by atoms with Crippen LogP contribution in [0.25, 0.3) is 0 Å². The van der Waals surface area contributed by atoms with E-state index in [1.54, 1.807) is 6.33 Å². The largest absolute Gasteiger partial charge is 0.348 e. The van der Waals surface area contributed by atoms with Gasteiger partial charge in [-0.25, -0.2) is 4.98 Å². The molecule has 0 fully saturated rings. The van der Waals surface area contributed by atoms with Crippen LogP contribution in [0, 0.1) is 0 Å². The molecule has 2 heteroatoms. The highest BCUT2D eigenvalue weighted by atomic mass is 14.9. The van der Waals surface area contributed by atoms with Gasteiger partial charge in [0.2, 0.25) is 0 Å². The van der Waals surface area contributed by atoms with Crippen molar-refractivity contribution in [3.63, 3.8) is 0 Å². The molecule has 122 valence electrons. The van der Waals surface area contributed by atoms with E-state index < -0.39 is 0 Å². The Morgan fingerprint density at radius 1 is 0.714 bits per heavy atom. The fourth-order valence-corrected chi connectivity index (χ4v) is 2.93. The zero-order chi connectivity index (χ0) is 15.0. The number of aromatic amines is 1. The molecule has 0 aliphatic rings. The summed E-state index contributed by atoms with van der Waals surface area (Å²) in [4.78, 5) is 7.22. The van der Waals surface area contributed by atoms with E-state index in [0.29, 0.717) is 0 Å². The summed E-state index contributed by atoms with van der Waals surface area (Å²) < 4.78 is 0. The van der Waals surface area contributed by atoms with Crippen LogP contribution in [0.15, 0.2) is 12.5 Å². The molecule has 1 rings (SSSR count). The first-order chi connectivity index (χ1) is 10.4. The summed E-state index contributed by atoms with van der Waals surface area (Å²) in [7, 11) is 0. The van der Waals surface area contributed by atoms with Crippen molar-refractivity contribution >= 4 is 0 Å². The van der Waals surface area contributed by atoms with Crippen LogP contribution in [-0.4, -0.2) is 9.97 Å². The van der Waals surface area contributed by atoms with E-state index in [1.165, 1.54) is 95.6 Å². The topological polar surface area (TPSA) is 28.7 Å². The zero-order valence-corrected chi connectivity index (χ0v) is 14.2. The predicted octanol–water partition coefficient (Wildman–Crippen LogP) is 6.43. The number of unbranched alkanes of at least 4 members (excludes halogenated alkanes) is 13. The minimum Gasteiger partial charge on any atom is -0.348 e. The molecule has 0 spiro atoms. The Kier molecular flexibility index (Phi) is 12.3. The van der Waals surface area contributed by atoms with E-state index in [0.717, 1.165) is 6.42 Å². The number of aryl methyl sites for hydroxylation is 1. The van der Waals surface area contributed by atoms with Gasteiger partial charge in [-0.05, 0) is 12.8 Å². The van der Waals surface area contributed by atoms with Gasteiger partial charge in [-0.1, -0.05) is 90.4 Å². The number of nitrogens with zero attached hydrogens (tertiary/aromatic N) is 1. The van der Waals surface area contributed by atoms with Gasteiger partial charge in [-0.3, -0.25) is 0 Å². The van der Waals surface area contributed by atoms with Crippen LogP contribution in [0.4, 0.5) is 0 Å². The van der Waals surface area contributed by atoms with Crippen molar-refractivity contribution in [2.75, 3.05) is 0 Å². The SMILES string of the molecule is CCCCCCCCCCCCCCCCc1cnc[nH]1. The van der Waals surface area contributed by atoms with Crippen molar-refractivity contribution in [1.82, 2.24) is 9.97 Å². The Balaban J connectivity index is 1.69. The van der Waals surface area contributed by atoms with Gasteiger partial charge in [0.05, 0.1) is 6.33 Å². The van der Waals surface area contributed by atoms with E-state index >= 15 is 0 Å². The summed E-state index contributed by atoms with van der Waals surface area (Å²) in [6.45, 7) is 2.29. The summed E-state index contributed by atoms with van der Waals surface area (Å²) in [5.41, 5.74) is 1.29. The number of rotatable bonds is 15. The fraction of sp³-hybridized carbons (Fsp3) is 0.842. The van der Waals surface area contributed by atoms with Crippen molar-refractivity contribution in [2.24, 2.45) is 0 Å². The molecule has 1 heterocycles. The number of nitrogens with one attached hydrogen (secondary N) is 1. The van der Waals surface area contributed by atoms with Crippen LogP contribution < -0.4 is 0 Å². The van der Waals surface area contributed by atoms with Crippen LogP contribution in [0.2, 0.25) is 0 Å². The van der Waals surface area contributed by atoms with Crippen molar-refractivity contribution in [3.05, 3.63) is 18.2 Å². The predicted molar refractivity (Wildman–Crippen MR) is 92.6 cm³/mol. The second-order valence-electron chi connectivity index (χ2n) is 6.42. The Bertz CT molecular complexity index is 293. The highest BCUT2D eigenvalue weighted by Crippen LogP contribution is 2.13. The number of H-pyrrole nitrogens is 1. The lowest BCUT2D eigenvalue weighted by molar-refractivity contribution is 0.535. The van der Waals surface area contributed by atoms with Gasteiger partial charge in [-0.2, -0.15) is 0 Å². The van der Waals surface area contributed by atoms with E-state index in [9.17, 15) is 0 Å². The number of imidazole rings is 1. The van der Waals surface area contributed by atoms with Crippen molar-refractivity contribution < 1.29 is 0 Å². The summed E-state index contributed by atoms with van der Waals surface area (Å²) in [6, 6.07) is 0. The quantitative estimate of drug-likeness (QED) is 0.370. The van der Waals surface area contributed by atoms with Crippen LogP contribution in [0.1, 0.15) is 103 Å². The molecule has 0 atom stereocenters. The number of hydrogen-bond acceptors (Lipinski definition) is 1. The third-order valence-corrected chi connectivity index (χ3v) is 4.35. The lowest BCUT2D eigenvalue weighted by Gasteiger charge is -2.03. The molecule has 1 aromatic rings. The van der Waals surface area contributed by atoms with Crippen LogP contribution >= 0.6 is 0 Å². The molecule has 0 bridgehead atoms. The molecule has 21 heavy (non-hydrogen) atoms. The molecule has 2 nitrogen and oxygen atoms in total. The third kappa shape index (κ3) is 11.5. The molecule has 0 aliphatic carbocycles. The normalized spacial score (nSPS) is 11.1. The Hall–Kier alpha value is -0.790. The third-order valence-electron chi connectivity index (χ3n) is 4.35. The summed E-state index contributed by atoms with van der Waals surface area (Å²) in [5.74, 6) is 0. The van der Waals surface area contributed by atoms with Gasteiger partial charge in [0.1, 0.15) is 0 Å². The van der Waals surface area contributed by atoms with Gasteiger partial charge in [0.15, 0.2) is 0 Å². The van der Waals surface area contributed by atoms with E-state index in [2.05, 4.69) is 16.9 Å². The first-order valence-corrected chi connectivity index (χ1v) is 9.40. The molecule has 0 aliphatic heterocycles. The first kappa shape index (κ1) is 18.3. The maximum atomic E-state index is 4.05. The Morgan fingerprint density at radius 3 is 1.62 bits per heavy atom. The molecule has 0 unspecified atom stereocenters. The van der Waals surface area contributed by atoms with Gasteiger partial charge >= 0.3 is 0 Å². The van der Waals surface area contributed by atoms with Crippen molar-refractivity contribution in [2.45, 2.75) is 103 Å². The highest BCUT2D eigenvalue weighted by molar-refractivity contribution is 4.93. The van der Waals surface area contributed by atoms with Gasteiger partial charge in [0.25, 0.3) is 0 Å². The maximum Gasteiger partial charge on any atom is 0.0921 e. The van der Waals surface area contributed by atoms with Gasteiger partial charge in [0, 0.05) is 11.9 Å². The van der Waals surface area contributed by atoms with Crippen LogP contribution in [0.3, 0.4) is 0 Å². The number of aromatic nitrogens is 2. The minimum atomic E-state index is 1.16. The standard InChI is InChI=1S/C19H36N2/c1-2-3-4-5-6-7-8-9-10-11-12-13-14-15-16-19-17-20-18-21-19/h17-18H,2-16H2,1H3,(H,20,21). The highest BCUT2D eigenvalue weighted by Gasteiger charge is 1.96. The molecule has 1 N–H and O–H groups in total. The zero-order valence-electron chi connectivity index (χ0n) is 14.2. The summed E-state index contributed by atoms with van der Waals surface area (Å²) >= 11 is 0. The Morgan fingerprint density at radius 2 is 1.19 bits per heavy atom. The monoisotopic (exact) mass is 292 g/mol. The molecule has 0 amide bonds. The Labute approximate surface area is 132 Å². The lowest BCUT2D eigenvalue weighted by atomic mass is 10.0.